The van der Waals surface area contributed by atoms with Crippen molar-refractivity contribution in [1.29, 1.82) is 0 Å². The zero-order valence-corrected chi connectivity index (χ0v) is 9.99. The van der Waals surface area contributed by atoms with E-state index in [-0.39, 0.29) is 0 Å². The first-order valence-electron chi connectivity index (χ1n) is 5.63. The first-order chi connectivity index (χ1) is 8.75. The first-order valence-corrected chi connectivity index (χ1v) is 5.63. The Kier molecular flexibility index (Phi) is 2.37. The van der Waals surface area contributed by atoms with Crippen LogP contribution in [0.3, 0.4) is 0 Å². The number of nitrogen functional groups attached to an aromatic ring is 1. The second kappa shape index (κ2) is 4.03. The van der Waals surface area contributed by atoms with Crippen molar-refractivity contribution < 1.29 is 0 Å². The molecule has 0 aliphatic rings. The predicted molar refractivity (Wildman–Crippen MR) is 70.2 cm³/mol. The quantitative estimate of drug-likeness (QED) is 0.742. The lowest BCUT2D eigenvalue weighted by molar-refractivity contribution is 0.776. The van der Waals surface area contributed by atoms with Gasteiger partial charge in [0.25, 0.3) is 0 Å². The van der Waals surface area contributed by atoms with E-state index < -0.39 is 0 Å². The highest BCUT2D eigenvalue weighted by molar-refractivity contribution is 5.71. The van der Waals surface area contributed by atoms with Crippen LogP contribution in [0.25, 0.3) is 16.9 Å². The lowest BCUT2D eigenvalue weighted by Crippen LogP contribution is -1.95. The smallest absolute Gasteiger partial charge is 0.0940 e. The first kappa shape index (κ1) is 10.6. The molecule has 1 aromatic carbocycles. The van der Waals surface area contributed by atoms with E-state index in [2.05, 4.69) is 10.2 Å². The average Bonchev–Trinajstić information content (AvgIpc) is 2.98. The van der Waals surface area contributed by atoms with Gasteiger partial charge in [-0.05, 0) is 12.1 Å². The maximum Gasteiger partial charge on any atom is 0.0940 e. The number of nitrogens with zero attached hydrogens (tertiary/aromatic N) is 4. The average molecular weight is 239 g/mol. The third-order valence-electron chi connectivity index (χ3n) is 2.84. The number of aryl methyl sites for hydroxylation is 1. The highest BCUT2D eigenvalue weighted by Crippen LogP contribution is 2.24. The molecule has 2 N–H and O–H groups in total. The number of hydrogen-bond acceptors (Lipinski definition) is 3. The van der Waals surface area contributed by atoms with Crippen molar-refractivity contribution in [2.45, 2.75) is 0 Å². The lowest BCUT2D eigenvalue weighted by Gasteiger charge is -2.00. The Labute approximate surface area is 104 Å². The molecular formula is C13H13N5. The van der Waals surface area contributed by atoms with Crippen molar-refractivity contribution in [2.24, 2.45) is 7.05 Å². The van der Waals surface area contributed by atoms with E-state index in [0.29, 0.717) is 5.69 Å². The van der Waals surface area contributed by atoms with Gasteiger partial charge in [0, 0.05) is 18.8 Å². The summed E-state index contributed by atoms with van der Waals surface area (Å²) in [6, 6.07) is 9.95. The number of hydrogen-bond donors (Lipinski definition) is 1. The standard InChI is InChI=1S/C13H13N5/c1-17-13(12(14)8-15-17)10-7-16-18(9-10)11-5-3-2-4-6-11/h2-9H,14H2,1H3. The SMILES string of the molecule is Cn1ncc(N)c1-c1cnn(-c2ccccc2)c1. The summed E-state index contributed by atoms with van der Waals surface area (Å²) in [5.74, 6) is 0. The van der Waals surface area contributed by atoms with Crippen LogP contribution in [-0.4, -0.2) is 19.6 Å². The fourth-order valence-electron chi connectivity index (χ4n) is 1.98. The van der Waals surface area contributed by atoms with E-state index in [1.807, 2.05) is 48.3 Å². The summed E-state index contributed by atoms with van der Waals surface area (Å²) in [7, 11) is 1.87. The van der Waals surface area contributed by atoms with Crippen LogP contribution in [0.1, 0.15) is 0 Å². The number of benzene rings is 1. The summed E-state index contributed by atoms with van der Waals surface area (Å²) in [4.78, 5) is 0. The van der Waals surface area contributed by atoms with Gasteiger partial charge in [-0.1, -0.05) is 18.2 Å². The molecule has 5 heteroatoms. The molecule has 0 aliphatic carbocycles. The van der Waals surface area contributed by atoms with Crippen LogP contribution < -0.4 is 5.73 Å². The van der Waals surface area contributed by atoms with Gasteiger partial charge in [0.05, 0.1) is 29.5 Å². The van der Waals surface area contributed by atoms with Gasteiger partial charge in [-0.3, -0.25) is 4.68 Å². The monoisotopic (exact) mass is 239 g/mol. The van der Waals surface area contributed by atoms with Gasteiger partial charge in [0.1, 0.15) is 0 Å². The molecule has 0 atom stereocenters. The second-order valence-corrected chi connectivity index (χ2v) is 4.08. The summed E-state index contributed by atoms with van der Waals surface area (Å²) in [6.07, 6.45) is 5.39. The van der Waals surface area contributed by atoms with Gasteiger partial charge in [0.2, 0.25) is 0 Å². The molecule has 0 saturated heterocycles. The molecule has 2 aromatic heterocycles. The van der Waals surface area contributed by atoms with Crippen LogP contribution >= 0.6 is 0 Å². The summed E-state index contributed by atoms with van der Waals surface area (Å²) >= 11 is 0. The van der Waals surface area contributed by atoms with Gasteiger partial charge in [-0.25, -0.2) is 4.68 Å². The fraction of sp³-hybridized carbons (Fsp3) is 0.0769. The molecule has 5 nitrogen and oxygen atoms in total. The van der Waals surface area contributed by atoms with Gasteiger partial charge in [-0.2, -0.15) is 10.2 Å². The Morgan fingerprint density at radius 3 is 2.50 bits per heavy atom. The maximum absolute atomic E-state index is 5.90. The number of rotatable bonds is 2. The van der Waals surface area contributed by atoms with Crippen molar-refractivity contribution in [3.05, 3.63) is 48.9 Å². The van der Waals surface area contributed by atoms with Gasteiger partial charge < -0.3 is 5.73 Å². The van der Waals surface area contributed by atoms with Gasteiger partial charge in [0.15, 0.2) is 0 Å². The minimum Gasteiger partial charge on any atom is -0.396 e. The molecule has 0 bridgehead atoms. The molecule has 90 valence electrons. The van der Waals surface area contributed by atoms with E-state index >= 15 is 0 Å². The Balaban J connectivity index is 2.05. The van der Waals surface area contributed by atoms with Crippen molar-refractivity contribution in [2.75, 3.05) is 5.73 Å². The molecule has 0 radical (unpaired) electrons. The maximum atomic E-state index is 5.90. The molecule has 0 amide bonds. The third kappa shape index (κ3) is 1.66. The van der Waals surface area contributed by atoms with E-state index in [4.69, 9.17) is 5.73 Å². The van der Waals surface area contributed by atoms with Crippen LogP contribution in [0.4, 0.5) is 5.69 Å². The Bertz CT molecular complexity index is 646. The topological polar surface area (TPSA) is 61.7 Å². The summed E-state index contributed by atoms with van der Waals surface area (Å²) in [5, 5.41) is 8.47. The minimum atomic E-state index is 0.658. The van der Waals surface area contributed by atoms with E-state index in [1.165, 1.54) is 0 Å². The molecule has 0 unspecified atom stereocenters. The summed E-state index contributed by atoms with van der Waals surface area (Å²) < 4.78 is 3.57. The molecule has 0 spiro atoms. The third-order valence-corrected chi connectivity index (χ3v) is 2.84. The Morgan fingerprint density at radius 2 is 1.83 bits per heavy atom. The summed E-state index contributed by atoms with van der Waals surface area (Å²) in [5.41, 5.74) is 9.42. The van der Waals surface area contributed by atoms with Crippen molar-refractivity contribution in [1.82, 2.24) is 19.6 Å². The Hall–Kier alpha value is -2.56. The van der Waals surface area contributed by atoms with E-state index in [1.54, 1.807) is 17.1 Å². The van der Waals surface area contributed by atoms with Crippen LogP contribution in [-0.2, 0) is 7.05 Å². The molecule has 0 aliphatic heterocycles. The number of para-hydroxylation sites is 1. The second-order valence-electron chi connectivity index (χ2n) is 4.08. The Morgan fingerprint density at radius 1 is 1.06 bits per heavy atom. The lowest BCUT2D eigenvalue weighted by atomic mass is 10.2. The van der Waals surface area contributed by atoms with Crippen LogP contribution in [0.15, 0.2) is 48.9 Å². The van der Waals surface area contributed by atoms with Crippen molar-refractivity contribution >= 4 is 5.69 Å². The molecule has 2 heterocycles. The molecule has 0 saturated carbocycles. The normalized spacial score (nSPS) is 10.7. The molecular weight excluding hydrogens is 226 g/mol. The van der Waals surface area contributed by atoms with Crippen molar-refractivity contribution in [3.8, 4) is 16.9 Å². The van der Waals surface area contributed by atoms with Crippen molar-refractivity contribution in [3.63, 3.8) is 0 Å². The molecule has 3 aromatic rings. The zero-order chi connectivity index (χ0) is 12.5. The predicted octanol–water partition coefficient (Wildman–Crippen LogP) is 1.85. The number of nitrogens with two attached hydrogens (primary N) is 1. The van der Waals surface area contributed by atoms with Gasteiger partial charge in [-0.15, -0.1) is 0 Å². The largest absolute Gasteiger partial charge is 0.396 e. The zero-order valence-electron chi connectivity index (χ0n) is 9.99. The van der Waals surface area contributed by atoms with Gasteiger partial charge >= 0.3 is 0 Å². The highest BCUT2D eigenvalue weighted by atomic mass is 15.3. The van der Waals surface area contributed by atoms with E-state index in [9.17, 15) is 0 Å². The highest BCUT2D eigenvalue weighted by Gasteiger charge is 2.10. The van der Waals surface area contributed by atoms with Crippen LogP contribution in [0.2, 0.25) is 0 Å². The number of aromatic nitrogens is 4. The van der Waals surface area contributed by atoms with E-state index in [0.717, 1.165) is 16.9 Å². The molecule has 0 fully saturated rings. The van der Waals surface area contributed by atoms with Crippen LogP contribution in [0, 0.1) is 0 Å². The number of anilines is 1. The molecule has 18 heavy (non-hydrogen) atoms. The minimum absolute atomic E-state index is 0.658. The molecule has 3 rings (SSSR count). The summed E-state index contributed by atoms with van der Waals surface area (Å²) in [6.45, 7) is 0. The fourth-order valence-corrected chi connectivity index (χ4v) is 1.98. The van der Waals surface area contributed by atoms with Crippen LogP contribution in [0.5, 0.6) is 0 Å².